The number of ketones is 1. The molecule has 2 saturated carbocycles. The van der Waals surface area contributed by atoms with E-state index in [4.69, 9.17) is 14.5 Å². The van der Waals surface area contributed by atoms with E-state index in [0.717, 1.165) is 50.7 Å². The van der Waals surface area contributed by atoms with Gasteiger partial charge in [-0.15, -0.1) is 0 Å². The molecule has 2 amide bonds. The van der Waals surface area contributed by atoms with E-state index < -0.39 is 53.3 Å². The van der Waals surface area contributed by atoms with Crippen LogP contribution >= 0.6 is 0 Å². The molecular formula is C36H47F3N4O5. The summed E-state index contributed by atoms with van der Waals surface area (Å²) < 4.78 is 53.3. The Hall–Kier alpha value is -3.44. The zero-order chi connectivity index (χ0) is 34.7. The van der Waals surface area contributed by atoms with E-state index in [1.807, 2.05) is 27.7 Å². The third-order valence-corrected chi connectivity index (χ3v) is 10.9. The van der Waals surface area contributed by atoms with Gasteiger partial charge in [0.15, 0.2) is 5.78 Å². The molecule has 2 aliphatic carbocycles. The number of Topliss-reactive ketones (excluding diaryl/α,β-unsaturated/α-hetero) is 1. The fourth-order valence-electron chi connectivity index (χ4n) is 8.04. The minimum absolute atomic E-state index is 0.0300. The molecule has 12 heteroatoms. The number of nitrogens with zero attached hydrogens (tertiary/aromatic N) is 3. The molecular weight excluding hydrogens is 625 g/mol. The number of nitrogens with one attached hydrogen (secondary N) is 1. The number of amides is 2. The lowest BCUT2D eigenvalue weighted by atomic mass is 9.85. The van der Waals surface area contributed by atoms with Gasteiger partial charge in [0, 0.05) is 11.8 Å². The molecule has 8 atom stereocenters. The molecule has 1 aromatic heterocycles. The number of rotatable bonds is 2. The number of ether oxygens (including phenoxy) is 2. The highest BCUT2D eigenvalue weighted by atomic mass is 19.4. The van der Waals surface area contributed by atoms with Crippen molar-refractivity contribution in [3.63, 3.8) is 0 Å². The van der Waals surface area contributed by atoms with Gasteiger partial charge in [-0.25, -0.2) is 14.8 Å². The van der Waals surface area contributed by atoms with Crippen molar-refractivity contribution >= 4 is 28.8 Å². The van der Waals surface area contributed by atoms with Crippen LogP contribution < -0.4 is 10.1 Å². The minimum atomic E-state index is -4.55. The lowest BCUT2D eigenvalue weighted by Gasteiger charge is -2.36. The zero-order valence-electron chi connectivity index (χ0n) is 28.6. The number of halogens is 3. The first-order valence-corrected chi connectivity index (χ1v) is 17.4. The molecule has 2 aromatic rings. The van der Waals surface area contributed by atoms with Gasteiger partial charge in [-0.05, 0) is 73.5 Å². The predicted molar refractivity (Wildman–Crippen MR) is 172 cm³/mol. The summed E-state index contributed by atoms with van der Waals surface area (Å²) in [6.07, 6.45) is -0.101. The number of hydrogen-bond donors (Lipinski definition) is 1. The summed E-state index contributed by atoms with van der Waals surface area (Å²) in [7, 11) is 0. The largest absolute Gasteiger partial charge is 0.471 e. The average Bonchev–Trinajstić information content (AvgIpc) is 3.57. The summed E-state index contributed by atoms with van der Waals surface area (Å²) >= 11 is 0. The lowest BCUT2D eigenvalue weighted by Crippen LogP contribution is -2.58. The summed E-state index contributed by atoms with van der Waals surface area (Å²) in [5.41, 5.74) is -0.613. The Bertz CT molecular complexity index is 1570. The molecule has 48 heavy (non-hydrogen) atoms. The van der Waals surface area contributed by atoms with Gasteiger partial charge in [0.05, 0.1) is 29.2 Å². The van der Waals surface area contributed by atoms with Crippen LogP contribution in [0.25, 0.3) is 11.0 Å². The number of benzene rings is 1. The monoisotopic (exact) mass is 672 g/mol. The number of alkyl carbamates (subject to hydrolysis) is 1. The SMILES string of the molecule is CC(C)C(=O)C1C(C)C2CN1C(=O)C(C(C)(C)C)NC(=O)OC1CC3CC3C1CCCCCc1nc3ccc(C(F)(F)F)cc3nc1O2. The van der Waals surface area contributed by atoms with Gasteiger partial charge in [0.1, 0.15) is 23.9 Å². The second-order valence-corrected chi connectivity index (χ2v) is 15.7. The van der Waals surface area contributed by atoms with Crippen molar-refractivity contribution in [2.45, 2.75) is 117 Å². The third-order valence-electron chi connectivity index (χ3n) is 10.9. The fourth-order valence-corrected chi connectivity index (χ4v) is 8.04. The molecule has 1 aromatic carbocycles. The maximum absolute atomic E-state index is 14.4. The van der Waals surface area contributed by atoms with E-state index in [1.165, 1.54) is 11.0 Å². The second-order valence-electron chi connectivity index (χ2n) is 15.7. The number of carbonyl (C=O) groups is 3. The molecule has 0 radical (unpaired) electrons. The number of aromatic nitrogens is 2. The van der Waals surface area contributed by atoms with Crippen LogP contribution in [0.2, 0.25) is 0 Å². The zero-order valence-corrected chi connectivity index (χ0v) is 28.6. The maximum Gasteiger partial charge on any atom is 0.416 e. The Kier molecular flexibility index (Phi) is 9.17. The van der Waals surface area contributed by atoms with Crippen molar-refractivity contribution in [1.82, 2.24) is 20.2 Å². The topological polar surface area (TPSA) is 111 Å². The van der Waals surface area contributed by atoms with Gasteiger partial charge in [0.25, 0.3) is 0 Å². The van der Waals surface area contributed by atoms with Crippen LogP contribution in [0.3, 0.4) is 0 Å². The van der Waals surface area contributed by atoms with Gasteiger partial charge in [-0.2, -0.15) is 13.2 Å². The molecule has 3 heterocycles. The first kappa shape index (κ1) is 34.4. The molecule has 1 N–H and O–H groups in total. The van der Waals surface area contributed by atoms with Gasteiger partial charge in [-0.3, -0.25) is 9.59 Å². The van der Waals surface area contributed by atoms with Crippen LogP contribution in [0.15, 0.2) is 18.2 Å². The summed E-state index contributed by atoms with van der Waals surface area (Å²) in [4.78, 5) is 52.3. The van der Waals surface area contributed by atoms with Crippen molar-refractivity contribution < 1.29 is 37.0 Å². The summed E-state index contributed by atoms with van der Waals surface area (Å²) in [6, 6.07) is 1.49. The smallest absolute Gasteiger partial charge is 0.416 e. The fraction of sp³-hybridized carbons (Fsp3) is 0.694. The number of fused-ring (bicyclic) bond motifs is 7. The van der Waals surface area contributed by atoms with Crippen LogP contribution in [0, 0.1) is 35.0 Å². The number of alkyl halides is 3. The Balaban J connectivity index is 1.39. The molecule has 0 spiro atoms. The molecule has 262 valence electrons. The quantitative estimate of drug-likeness (QED) is 0.376. The van der Waals surface area contributed by atoms with Gasteiger partial charge in [0.2, 0.25) is 11.8 Å². The molecule has 9 nitrogen and oxygen atoms in total. The highest BCUT2D eigenvalue weighted by Crippen LogP contribution is 2.57. The van der Waals surface area contributed by atoms with E-state index in [1.54, 1.807) is 13.8 Å². The van der Waals surface area contributed by atoms with Gasteiger partial charge >= 0.3 is 12.3 Å². The van der Waals surface area contributed by atoms with E-state index in [2.05, 4.69) is 10.3 Å². The van der Waals surface area contributed by atoms with E-state index >= 15 is 0 Å². The highest BCUT2D eigenvalue weighted by Gasteiger charge is 2.55. The third kappa shape index (κ3) is 6.85. The van der Waals surface area contributed by atoms with Gasteiger partial charge in [-0.1, -0.05) is 54.4 Å². The molecule has 3 fully saturated rings. The number of hydrogen-bond acceptors (Lipinski definition) is 7. The Morgan fingerprint density at radius 2 is 1.73 bits per heavy atom. The average molecular weight is 673 g/mol. The standard InChI is InChI=1S/C36H47F3N4O5/c1-18(2)30(44)29-19(3)28-17-43(29)33(45)31(35(4,5)6)42-34(46)48-27-15-20-14-23(20)22(27)10-8-7-9-11-25-32(47-28)41-26-16-21(36(37,38)39)12-13-24(26)40-25/h12-13,16,18-20,22-23,27-29,31H,7-11,14-15,17H2,1-6H3,(H,42,46). The van der Waals surface area contributed by atoms with E-state index in [0.29, 0.717) is 29.5 Å². The summed E-state index contributed by atoms with van der Waals surface area (Å²) in [5, 5.41) is 2.87. The second kappa shape index (κ2) is 12.8. The molecule has 8 unspecified atom stereocenters. The van der Waals surface area contributed by atoms with Crippen molar-refractivity contribution in [2.24, 2.45) is 35.0 Å². The maximum atomic E-state index is 14.4. The van der Waals surface area contributed by atoms with Crippen molar-refractivity contribution in [1.29, 1.82) is 0 Å². The Labute approximate surface area is 279 Å². The number of aryl methyl sites for hydroxylation is 1. The molecule has 2 aliphatic heterocycles. The summed E-state index contributed by atoms with van der Waals surface area (Å²) in [6.45, 7) is 11.0. The molecule has 2 bridgehead atoms. The lowest BCUT2D eigenvalue weighted by molar-refractivity contribution is -0.143. The Morgan fingerprint density at radius 3 is 2.42 bits per heavy atom. The predicted octanol–water partition coefficient (Wildman–Crippen LogP) is 6.75. The van der Waals surface area contributed by atoms with Crippen molar-refractivity contribution in [3.8, 4) is 5.88 Å². The van der Waals surface area contributed by atoms with Crippen molar-refractivity contribution in [3.05, 3.63) is 29.5 Å². The first-order valence-electron chi connectivity index (χ1n) is 17.4. The minimum Gasteiger partial charge on any atom is -0.471 e. The molecule has 1 saturated heterocycles. The van der Waals surface area contributed by atoms with Crippen LogP contribution in [-0.4, -0.2) is 63.5 Å². The van der Waals surface area contributed by atoms with E-state index in [9.17, 15) is 27.6 Å². The number of carbonyl (C=O) groups excluding carboxylic acids is 3. The molecule has 6 rings (SSSR count). The van der Waals surface area contributed by atoms with Crippen molar-refractivity contribution in [2.75, 3.05) is 6.54 Å². The van der Waals surface area contributed by atoms with Crippen LogP contribution in [-0.2, 0) is 26.9 Å². The van der Waals surface area contributed by atoms with Crippen LogP contribution in [0.1, 0.15) is 91.3 Å². The van der Waals surface area contributed by atoms with Crippen LogP contribution in [0.5, 0.6) is 5.88 Å². The van der Waals surface area contributed by atoms with Crippen LogP contribution in [0.4, 0.5) is 18.0 Å². The summed E-state index contributed by atoms with van der Waals surface area (Å²) in [5.74, 6) is 0.0802. The normalized spacial score (nSPS) is 31.6. The Morgan fingerprint density at radius 1 is 0.979 bits per heavy atom. The highest BCUT2D eigenvalue weighted by molar-refractivity contribution is 5.94. The van der Waals surface area contributed by atoms with Gasteiger partial charge < -0.3 is 19.7 Å². The van der Waals surface area contributed by atoms with E-state index in [-0.39, 0.29) is 41.7 Å². The molecule has 4 aliphatic rings. The first-order chi connectivity index (χ1) is 22.5.